The smallest absolute Gasteiger partial charge is 0.174 e. The van der Waals surface area contributed by atoms with Gasteiger partial charge < -0.3 is 35.0 Å². The van der Waals surface area contributed by atoms with Crippen molar-refractivity contribution in [2.45, 2.75) is 117 Å². The number of rotatable bonds is 7. The van der Waals surface area contributed by atoms with E-state index in [1.54, 1.807) is 36.4 Å². The van der Waals surface area contributed by atoms with Crippen molar-refractivity contribution in [3.05, 3.63) is 140 Å². The average molecular weight is 1010 g/mol. The van der Waals surface area contributed by atoms with Gasteiger partial charge in [0.05, 0.1) is 39.6 Å². The summed E-state index contributed by atoms with van der Waals surface area (Å²) in [6, 6.07) is 24.1. The maximum Gasteiger partial charge on any atom is 0.174 e. The highest BCUT2D eigenvalue weighted by atomic mass is 35.5. The molecule has 2 spiro atoms. The molecule has 5 heterocycles. The number of aromatic hydroxyl groups is 2. The highest BCUT2D eigenvalue weighted by Gasteiger charge is 2.74. The Morgan fingerprint density at radius 1 is 0.694 bits per heavy atom. The van der Waals surface area contributed by atoms with E-state index >= 15 is 0 Å². The van der Waals surface area contributed by atoms with Crippen LogP contribution in [0.25, 0.3) is 16.7 Å². The molecule has 4 aliphatic heterocycles. The number of ketones is 1. The van der Waals surface area contributed by atoms with Gasteiger partial charge in [-0.2, -0.15) is 0 Å². The van der Waals surface area contributed by atoms with Crippen LogP contribution in [0.5, 0.6) is 23.0 Å². The van der Waals surface area contributed by atoms with E-state index in [1.807, 2.05) is 42.6 Å². The molecule has 1 aromatic heterocycles. The third-order valence-corrected chi connectivity index (χ3v) is 18.9. The van der Waals surface area contributed by atoms with Crippen molar-refractivity contribution in [1.29, 1.82) is 0 Å². The maximum absolute atomic E-state index is 12.8. The Morgan fingerprint density at radius 2 is 1.24 bits per heavy atom. The number of aliphatic hydroxyl groups excluding tert-OH is 1. The van der Waals surface area contributed by atoms with Crippen LogP contribution in [0, 0.1) is 11.8 Å². The lowest BCUT2D eigenvalue weighted by Crippen LogP contribution is -2.76. The number of fused-ring (bicyclic) bond motifs is 2. The lowest BCUT2D eigenvalue weighted by molar-refractivity contribution is -0.188. The molecule has 3 saturated carbocycles. The number of aromatic nitrogens is 1. The van der Waals surface area contributed by atoms with Crippen molar-refractivity contribution in [3.8, 4) is 34.1 Å². The molecule has 10 aliphatic rings. The van der Waals surface area contributed by atoms with Gasteiger partial charge in [0.25, 0.3) is 0 Å². The average Bonchev–Trinajstić information content (AvgIpc) is 4.31. The van der Waals surface area contributed by atoms with Crippen LogP contribution in [0.2, 0.25) is 10.0 Å². The van der Waals surface area contributed by atoms with Gasteiger partial charge in [0.1, 0.15) is 0 Å². The topological polar surface area (TPSA) is 173 Å². The molecule has 2 unspecified atom stereocenters. The molecule has 6 aliphatic carbocycles. The lowest BCUT2D eigenvalue weighted by Gasteiger charge is -2.63. The SMILES string of the molecule is O=C1CC[C@@]2(O)C3Cc4ccc(O)c5c4[C@@]2(CCN3CC2CC2)[C@H]1O5.O=CC(=CO)c1ccc(Cl)cc1.Oc1ccc2c3c1O[C@H]1c4ncc(-c5ccc(Cl)cc5)cc4C[C@@]4(O)C(C2)N(CC2CC2)CC[C@]314. The van der Waals surface area contributed by atoms with Crippen molar-refractivity contribution < 1.29 is 44.6 Å². The predicted molar refractivity (Wildman–Crippen MR) is 271 cm³/mol. The van der Waals surface area contributed by atoms with Gasteiger partial charge in [0.2, 0.25) is 0 Å². The van der Waals surface area contributed by atoms with Crippen LogP contribution in [0.15, 0.2) is 91.3 Å². The van der Waals surface area contributed by atoms with E-state index in [0.717, 1.165) is 109 Å². The molecular formula is C58H57Cl2N3O9. The van der Waals surface area contributed by atoms with Crippen molar-refractivity contribution in [2.24, 2.45) is 11.8 Å². The van der Waals surface area contributed by atoms with Crippen LogP contribution in [0.3, 0.4) is 0 Å². The number of aliphatic hydroxyl groups is 3. The van der Waals surface area contributed by atoms with Crippen LogP contribution >= 0.6 is 23.2 Å². The maximum atomic E-state index is 12.8. The summed E-state index contributed by atoms with van der Waals surface area (Å²) in [5.41, 5.74) is 6.00. The molecule has 372 valence electrons. The first kappa shape index (κ1) is 46.3. The van der Waals surface area contributed by atoms with Crippen LogP contribution in [-0.4, -0.2) is 108 Å². The number of ether oxygens (including phenoxy) is 2. The summed E-state index contributed by atoms with van der Waals surface area (Å²) in [6.07, 6.45) is 11.9. The Hall–Kier alpha value is -5.47. The van der Waals surface area contributed by atoms with E-state index in [2.05, 4.69) is 15.9 Å². The number of piperidine rings is 2. The van der Waals surface area contributed by atoms with Crippen molar-refractivity contribution >= 4 is 40.8 Å². The number of Topliss-reactive ketones (excluding diaryl/α,β-unsaturated/α-hetero) is 1. The van der Waals surface area contributed by atoms with E-state index in [4.69, 9.17) is 42.8 Å². The number of nitrogens with zero attached hydrogens (tertiary/aromatic N) is 3. The molecule has 5 fully saturated rings. The molecule has 8 atom stereocenters. The number of benzene rings is 4. The highest BCUT2D eigenvalue weighted by molar-refractivity contribution is 6.31. The largest absolute Gasteiger partial charge is 0.515 e. The summed E-state index contributed by atoms with van der Waals surface area (Å²) in [5, 5.41) is 55.8. The number of hydrogen-bond acceptors (Lipinski definition) is 12. The number of hydrogen-bond donors (Lipinski definition) is 5. The lowest BCUT2D eigenvalue weighted by atomic mass is 9.49. The standard InChI is InChI=1S/C29H27ClN2O3.C20H23NO4.C9H7ClO2/c30-21-6-3-17(4-7-21)20-11-19-13-29(34)23-12-18-5-8-22(33)26-24(18)28(29,27(35-26)25(19)31-14-20)9-10-32(23)15-16-1-2-16;22-13-4-3-12-9-15-20(24)6-5-14(23)18-19(20,16(12)17(13)25-18)7-8-21(15)10-11-1-2-11;10-9-3-1-7(2-4-9)8(5-11)6-12/h3-8,11,14,16,23,27,33-34H,1-2,9-10,12-13,15H2;3-4,11,15,18,22,24H,1-2,5-10H2;1-6,11H/t23?,27-,28-,29+;15?,18-,19-,20+;/m00./s1. The number of halogens is 2. The second-order valence-electron chi connectivity index (χ2n) is 22.1. The molecule has 12 nitrogen and oxygen atoms in total. The molecule has 14 heteroatoms. The Bertz CT molecular complexity index is 3090. The summed E-state index contributed by atoms with van der Waals surface area (Å²) in [7, 11) is 0. The molecule has 0 radical (unpaired) electrons. The van der Waals surface area contributed by atoms with Crippen LogP contribution in [0.4, 0.5) is 0 Å². The molecule has 5 N–H and O–H groups in total. The minimum atomic E-state index is -0.982. The highest BCUT2D eigenvalue weighted by Crippen LogP contribution is 2.69. The number of allylic oxidation sites excluding steroid dienone is 1. The van der Waals surface area contributed by atoms with Crippen molar-refractivity contribution in [2.75, 3.05) is 26.2 Å². The zero-order chi connectivity index (χ0) is 49.5. The van der Waals surface area contributed by atoms with Gasteiger partial charge in [-0.05, 0) is 153 Å². The molecule has 5 aromatic rings. The van der Waals surface area contributed by atoms with E-state index in [9.17, 15) is 30.0 Å². The van der Waals surface area contributed by atoms with Gasteiger partial charge in [-0.3, -0.25) is 24.4 Å². The summed E-state index contributed by atoms with van der Waals surface area (Å²) in [4.78, 5) is 33.0. The zero-order valence-electron chi connectivity index (χ0n) is 39.8. The van der Waals surface area contributed by atoms with Gasteiger partial charge in [-0.1, -0.05) is 59.6 Å². The second-order valence-corrected chi connectivity index (χ2v) is 23.0. The number of phenols is 2. The molecule has 0 amide bonds. The van der Waals surface area contributed by atoms with Crippen LogP contribution < -0.4 is 9.47 Å². The minimum absolute atomic E-state index is 0.0262. The van der Waals surface area contributed by atoms with Gasteiger partial charge in [0, 0.05) is 70.9 Å². The second kappa shape index (κ2) is 16.8. The summed E-state index contributed by atoms with van der Waals surface area (Å²) >= 11 is 11.7. The van der Waals surface area contributed by atoms with Crippen LogP contribution in [-0.2, 0) is 39.7 Å². The third kappa shape index (κ3) is 6.74. The van der Waals surface area contributed by atoms with Gasteiger partial charge in [-0.15, -0.1) is 0 Å². The fraction of sp³-hybridized carbons (Fsp3) is 0.431. The van der Waals surface area contributed by atoms with Crippen molar-refractivity contribution in [3.63, 3.8) is 0 Å². The number of likely N-dealkylation sites (tertiary alicyclic amines) is 2. The Balaban J connectivity index is 0.000000118. The van der Waals surface area contributed by atoms with Gasteiger partial charge >= 0.3 is 0 Å². The van der Waals surface area contributed by atoms with Gasteiger partial charge in [-0.25, -0.2) is 0 Å². The molecule has 72 heavy (non-hydrogen) atoms. The first-order valence-corrected chi connectivity index (χ1v) is 26.4. The summed E-state index contributed by atoms with van der Waals surface area (Å²) in [5.74, 6) is 2.86. The zero-order valence-corrected chi connectivity index (χ0v) is 41.3. The van der Waals surface area contributed by atoms with E-state index in [1.165, 1.54) is 31.2 Å². The molecule has 4 aromatic carbocycles. The summed E-state index contributed by atoms with van der Waals surface area (Å²) < 4.78 is 12.6. The third-order valence-electron chi connectivity index (χ3n) is 18.4. The van der Waals surface area contributed by atoms with E-state index in [0.29, 0.717) is 52.7 Å². The van der Waals surface area contributed by atoms with Gasteiger partial charge in [0.15, 0.2) is 47.3 Å². The number of carbonyl (C=O) groups excluding carboxylic acids is 2. The number of phenolic OH excluding ortho intramolecular Hbond substituents is 2. The van der Waals surface area contributed by atoms with Crippen molar-refractivity contribution in [1.82, 2.24) is 14.8 Å². The first-order valence-electron chi connectivity index (χ1n) is 25.6. The number of pyridine rings is 1. The number of aldehydes is 1. The Kier molecular flexibility index (Phi) is 10.8. The monoisotopic (exact) mass is 1010 g/mol. The molecular weight excluding hydrogens is 954 g/mol. The Morgan fingerprint density at radius 3 is 1.79 bits per heavy atom. The first-order chi connectivity index (χ1) is 34.8. The van der Waals surface area contributed by atoms with E-state index < -0.39 is 34.2 Å². The quantitative estimate of drug-likeness (QED) is 0.0597. The predicted octanol–water partition coefficient (Wildman–Crippen LogP) is 8.77. The molecule has 4 bridgehead atoms. The minimum Gasteiger partial charge on any atom is -0.515 e. The van der Waals surface area contributed by atoms with E-state index in [-0.39, 0.29) is 34.9 Å². The normalized spacial score (nSPS) is 31.8. The fourth-order valence-electron chi connectivity index (χ4n) is 14.7. The number of carbonyl (C=O) groups is 2. The summed E-state index contributed by atoms with van der Waals surface area (Å²) in [6.45, 7) is 3.95. The van der Waals surface area contributed by atoms with Crippen LogP contribution in [0.1, 0.15) is 96.5 Å². The Labute approximate surface area is 427 Å². The fourth-order valence-corrected chi connectivity index (χ4v) is 15.0. The molecule has 15 rings (SSSR count). The molecule has 2 saturated heterocycles.